The van der Waals surface area contributed by atoms with Gasteiger partial charge in [-0.15, -0.1) is 0 Å². The topological polar surface area (TPSA) is 55.4 Å². The molecule has 0 saturated heterocycles. The largest absolute Gasteiger partial charge is 0.383 e. The number of nitrogens with one attached hydrogen (secondary N) is 1. The minimum absolute atomic E-state index is 0.246. The van der Waals surface area contributed by atoms with Gasteiger partial charge in [0.2, 0.25) is 0 Å². The lowest BCUT2D eigenvalue weighted by molar-refractivity contribution is 0.197. The highest BCUT2D eigenvalue weighted by Gasteiger charge is 2.14. The van der Waals surface area contributed by atoms with Crippen LogP contribution in [0.4, 0.5) is 0 Å². The first kappa shape index (κ1) is 18.1. The molecule has 1 N–H and O–H groups in total. The highest BCUT2D eigenvalue weighted by molar-refractivity contribution is 7.90. The number of hydrogen-bond donors (Lipinski definition) is 1. The van der Waals surface area contributed by atoms with E-state index in [1.54, 1.807) is 7.11 Å². The fraction of sp³-hybridized carbons (Fsp3) is 0.625. The summed E-state index contributed by atoms with van der Waals surface area (Å²) in [6.07, 6.45) is 2.89. The van der Waals surface area contributed by atoms with Crippen molar-refractivity contribution in [3.05, 3.63) is 35.4 Å². The van der Waals surface area contributed by atoms with Crippen LogP contribution < -0.4 is 5.32 Å². The molecule has 1 aromatic rings. The SMILES string of the molecule is COCCNCC(CCS(C)(=O)=O)Cc1ccccc1C. The predicted octanol–water partition coefficient (Wildman–Crippen LogP) is 1.82. The van der Waals surface area contributed by atoms with Gasteiger partial charge in [0.1, 0.15) is 9.84 Å². The minimum atomic E-state index is -2.91. The van der Waals surface area contributed by atoms with Gasteiger partial charge in [-0.1, -0.05) is 24.3 Å². The maximum absolute atomic E-state index is 11.4. The van der Waals surface area contributed by atoms with Gasteiger partial charge in [-0.25, -0.2) is 8.42 Å². The monoisotopic (exact) mass is 313 g/mol. The Balaban J connectivity index is 2.60. The molecule has 0 aliphatic heterocycles. The van der Waals surface area contributed by atoms with Crippen LogP contribution in [0, 0.1) is 12.8 Å². The number of benzene rings is 1. The first-order chi connectivity index (χ1) is 9.92. The molecule has 0 bridgehead atoms. The summed E-state index contributed by atoms with van der Waals surface area (Å²) in [4.78, 5) is 0. The molecule has 120 valence electrons. The van der Waals surface area contributed by atoms with Crippen molar-refractivity contribution in [2.75, 3.05) is 38.8 Å². The molecule has 0 fully saturated rings. The summed E-state index contributed by atoms with van der Waals surface area (Å²) >= 11 is 0. The van der Waals surface area contributed by atoms with Crippen LogP contribution in [0.3, 0.4) is 0 Å². The van der Waals surface area contributed by atoms with E-state index in [0.717, 1.165) is 19.5 Å². The van der Waals surface area contributed by atoms with Crippen molar-refractivity contribution in [1.82, 2.24) is 5.32 Å². The molecular formula is C16H27NO3S. The summed E-state index contributed by atoms with van der Waals surface area (Å²) in [5, 5.41) is 3.34. The smallest absolute Gasteiger partial charge is 0.147 e. The summed E-state index contributed by atoms with van der Waals surface area (Å²) < 4.78 is 27.8. The Morgan fingerprint density at radius 3 is 2.62 bits per heavy atom. The number of methoxy groups -OCH3 is 1. The van der Waals surface area contributed by atoms with Crippen LogP contribution in [0.1, 0.15) is 17.5 Å². The van der Waals surface area contributed by atoms with Crippen LogP contribution in [-0.4, -0.2) is 47.2 Å². The maximum Gasteiger partial charge on any atom is 0.147 e. The van der Waals surface area contributed by atoms with Crippen LogP contribution in [0.15, 0.2) is 24.3 Å². The van der Waals surface area contributed by atoms with Gasteiger partial charge in [-0.3, -0.25) is 0 Å². The van der Waals surface area contributed by atoms with E-state index < -0.39 is 9.84 Å². The molecule has 5 heteroatoms. The van der Waals surface area contributed by atoms with E-state index in [2.05, 4.69) is 24.4 Å². The van der Waals surface area contributed by atoms with Crippen LogP contribution >= 0.6 is 0 Å². The molecule has 0 amide bonds. The second-order valence-electron chi connectivity index (χ2n) is 5.61. The van der Waals surface area contributed by atoms with E-state index >= 15 is 0 Å². The molecule has 1 atom stereocenters. The van der Waals surface area contributed by atoms with Gasteiger partial charge in [-0.2, -0.15) is 0 Å². The van der Waals surface area contributed by atoms with Gasteiger partial charge in [0, 0.05) is 19.9 Å². The predicted molar refractivity (Wildman–Crippen MR) is 87.4 cm³/mol. The molecule has 0 aromatic heterocycles. The van der Waals surface area contributed by atoms with Gasteiger partial charge < -0.3 is 10.1 Å². The molecule has 1 rings (SSSR count). The molecule has 1 aromatic carbocycles. The van der Waals surface area contributed by atoms with Crippen molar-refractivity contribution in [2.24, 2.45) is 5.92 Å². The van der Waals surface area contributed by atoms with Crippen molar-refractivity contribution in [2.45, 2.75) is 19.8 Å². The van der Waals surface area contributed by atoms with Crippen LogP contribution in [0.5, 0.6) is 0 Å². The fourth-order valence-corrected chi connectivity index (χ4v) is 3.05. The summed E-state index contributed by atoms with van der Waals surface area (Å²) in [5.74, 6) is 0.563. The van der Waals surface area contributed by atoms with E-state index in [0.29, 0.717) is 18.9 Å². The molecule has 4 nitrogen and oxygen atoms in total. The van der Waals surface area contributed by atoms with E-state index in [-0.39, 0.29) is 5.75 Å². The van der Waals surface area contributed by atoms with Gasteiger partial charge in [0.15, 0.2) is 0 Å². The zero-order valence-electron chi connectivity index (χ0n) is 13.3. The molecule has 1 unspecified atom stereocenters. The van der Waals surface area contributed by atoms with E-state index in [1.165, 1.54) is 17.4 Å². The van der Waals surface area contributed by atoms with Gasteiger partial charge >= 0.3 is 0 Å². The summed E-state index contributed by atoms with van der Waals surface area (Å²) in [5.41, 5.74) is 2.56. The van der Waals surface area contributed by atoms with Crippen molar-refractivity contribution in [3.8, 4) is 0 Å². The van der Waals surface area contributed by atoms with Gasteiger partial charge in [0.25, 0.3) is 0 Å². The first-order valence-corrected chi connectivity index (χ1v) is 9.40. The third kappa shape index (κ3) is 8.19. The van der Waals surface area contributed by atoms with E-state index in [4.69, 9.17) is 4.74 Å². The number of sulfone groups is 1. The van der Waals surface area contributed by atoms with Gasteiger partial charge in [0.05, 0.1) is 12.4 Å². The third-order valence-electron chi connectivity index (χ3n) is 3.58. The second-order valence-corrected chi connectivity index (χ2v) is 7.87. The highest BCUT2D eigenvalue weighted by Crippen LogP contribution is 2.16. The molecule has 0 aliphatic rings. The number of rotatable bonds is 10. The summed E-state index contributed by atoms with van der Waals surface area (Å²) in [6.45, 7) is 4.37. The lowest BCUT2D eigenvalue weighted by Gasteiger charge is -2.18. The maximum atomic E-state index is 11.4. The number of ether oxygens (including phenoxy) is 1. The van der Waals surface area contributed by atoms with Crippen molar-refractivity contribution in [3.63, 3.8) is 0 Å². The molecule has 0 heterocycles. The zero-order chi connectivity index (χ0) is 15.7. The average molecular weight is 313 g/mol. The van der Waals surface area contributed by atoms with Crippen LogP contribution in [0.2, 0.25) is 0 Å². The molecular weight excluding hydrogens is 286 g/mol. The number of hydrogen-bond acceptors (Lipinski definition) is 4. The van der Waals surface area contributed by atoms with Crippen molar-refractivity contribution in [1.29, 1.82) is 0 Å². The zero-order valence-corrected chi connectivity index (χ0v) is 14.1. The van der Waals surface area contributed by atoms with Crippen molar-refractivity contribution >= 4 is 9.84 Å². The Hall–Kier alpha value is -0.910. The lowest BCUT2D eigenvalue weighted by atomic mass is 9.94. The minimum Gasteiger partial charge on any atom is -0.383 e. The molecule has 0 aliphatic carbocycles. The standard InChI is InChI=1S/C16H27NO3S/c1-14-6-4-5-7-16(14)12-15(8-11-21(3,18)19)13-17-9-10-20-2/h4-7,15,17H,8-13H2,1-3H3. The van der Waals surface area contributed by atoms with Crippen LogP contribution in [0.25, 0.3) is 0 Å². The Labute approximate surface area is 128 Å². The Morgan fingerprint density at radius 2 is 2.00 bits per heavy atom. The molecule has 21 heavy (non-hydrogen) atoms. The summed E-state index contributed by atoms with van der Waals surface area (Å²) in [6, 6.07) is 8.29. The normalized spacial score (nSPS) is 13.3. The molecule has 0 radical (unpaired) electrons. The van der Waals surface area contributed by atoms with Crippen molar-refractivity contribution < 1.29 is 13.2 Å². The van der Waals surface area contributed by atoms with E-state index in [1.807, 2.05) is 12.1 Å². The fourth-order valence-electron chi connectivity index (χ4n) is 2.29. The highest BCUT2D eigenvalue weighted by atomic mass is 32.2. The third-order valence-corrected chi connectivity index (χ3v) is 4.56. The summed E-state index contributed by atoms with van der Waals surface area (Å²) in [7, 11) is -1.23. The quantitative estimate of drug-likeness (QED) is 0.670. The van der Waals surface area contributed by atoms with Gasteiger partial charge in [-0.05, 0) is 43.4 Å². The second kappa shape index (κ2) is 9.18. The molecule has 0 saturated carbocycles. The van der Waals surface area contributed by atoms with E-state index in [9.17, 15) is 8.42 Å². The molecule has 0 spiro atoms. The first-order valence-electron chi connectivity index (χ1n) is 7.34. The lowest BCUT2D eigenvalue weighted by Crippen LogP contribution is -2.28. The Morgan fingerprint density at radius 1 is 1.29 bits per heavy atom. The number of aryl methyl sites for hydroxylation is 1. The Kier molecular flexibility index (Phi) is 7.93. The Bertz CT molecular complexity index is 514. The van der Waals surface area contributed by atoms with Crippen LogP contribution in [-0.2, 0) is 21.0 Å². The average Bonchev–Trinajstić information content (AvgIpc) is 2.42.